The van der Waals surface area contributed by atoms with E-state index in [1.807, 2.05) is 11.3 Å². The highest BCUT2D eigenvalue weighted by Crippen LogP contribution is 2.38. The van der Waals surface area contributed by atoms with E-state index in [4.69, 9.17) is 0 Å². The quantitative estimate of drug-likeness (QED) is 0.659. The van der Waals surface area contributed by atoms with Crippen LogP contribution < -0.4 is 0 Å². The zero-order valence-electron chi connectivity index (χ0n) is 9.34. The van der Waals surface area contributed by atoms with Crippen LogP contribution in [0.3, 0.4) is 0 Å². The van der Waals surface area contributed by atoms with Crippen molar-refractivity contribution in [2.24, 2.45) is 5.92 Å². The van der Waals surface area contributed by atoms with Crippen molar-refractivity contribution in [2.75, 3.05) is 0 Å². The molecule has 0 spiro atoms. The fourth-order valence-corrected chi connectivity index (χ4v) is 3.76. The molecule has 1 aliphatic carbocycles. The Morgan fingerprint density at radius 2 is 2.13 bits per heavy atom. The number of hydrogen-bond donors (Lipinski definition) is 0. The summed E-state index contributed by atoms with van der Waals surface area (Å²) in [6.45, 7) is 2.23. The molecule has 0 amide bonds. The largest absolute Gasteiger partial charge is 0.145 e. The molecule has 1 fully saturated rings. The first-order chi connectivity index (χ1) is 7.29. The van der Waals surface area contributed by atoms with Crippen LogP contribution in [0.25, 0.3) is 0 Å². The molecule has 1 atom stereocenters. The second-order valence-corrected chi connectivity index (χ2v) is 6.90. The molecule has 0 saturated heterocycles. The molecule has 1 saturated carbocycles. The molecule has 1 heterocycles. The summed E-state index contributed by atoms with van der Waals surface area (Å²) >= 11 is 5.79. The topological polar surface area (TPSA) is 0 Å². The van der Waals surface area contributed by atoms with Crippen molar-refractivity contribution in [2.45, 2.75) is 50.3 Å². The van der Waals surface area contributed by atoms with Crippen molar-refractivity contribution < 1.29 is 0 Å². The zero-order valence-corrected chi connectivity index (χ0v) is 11.7. The Morgan fingerprint density at radius 3 is 2.73 bits per heavy atom. The van der Waals surface area contributed by atoms with Crippen LogP contribution in [0.4, 0.5) is 0 Å². The highest BCUT2D eigenvalue weighted by molar-refractivity contribution is 9.09. The number of alkyl halides is 1. The van der Waals surface area contributed by atoms with Gasteiger partial charge in [0, 0.05) is 14.6 Å². The smallest absolute Gasteiger partial charge is 0.0174 e. The second kappa shape index (κ2) is 5.49. The van der Waals surface area contributed by atoms with E-state index in [9.17, 15) is 0 Å². The zero-order chi connectivity index (χ0) is 10.7. The van der Waals surface area contributed by atoms with Crippen molar-refractivity contribution in [1.82, 2.24) is 0 Å². The Balaban J connectivity index is 1.68. The fraction of sp³-hybridized carbons (Fsp3) is 0.692. The van der Waals surface area contributed by atoms with Gasteiger partial charge in [0.05, 0.1) is 0 Å². The van der Waals surface area contributed by atoms with E-state index in [0.29, 0.717) is 0 Å². The Bertz CT molecular complexity index is 301. The highest BCUT2D eigenvalue weighted by atomic mass is 79.9. The molecule has 0 aromatic carbocycles. The van der Waals surface area contributed by atoms with Crippen molar-refractivity contribution in [3.63, 3.8) is 0 Å². The number of aryl methyl sites for hydroxylation is 2. The lowest BCUT2D eigenvalue weighted by Crippen LogP contribution is -2.00. The average Bonchev–Trinajstić information content (AvgIpc) is 2.99. The van der Waals surface area contributed by atoms with Crippen molar-refractivity contribution >= 4 is 27.3 Å². The molecular weight excluding hydrogens is 268 g/mol. The summed E-state index contributed by atoms with van der Waals surface area (Å²) < 4.78 is 0. The minimum absolute atomic E-state index is 0.795. The fourth-order valence-electron chi connectivity index (χ4n) is 1.91. The molecule has 1 aromatic heterocycles. The summed E-state index contributed by atoms with van der Waals surface area (Å²) in [5, 5.41) is 0. The van der Waals surface area contributed by atoms with Gasteiger partial charge in [0.15, 0.2) is 0 Å². The summed E-state index contributed by atoms with van der Waals surface area (Å²) in [6.07, 6.45) is 8.07. The highest BCUT2D eigenvalue weighted by Gasteiger charge is 2.28. The summed E-state index contributed by atoms with van der Waals surface area (Å²) in [7, 11) is 0. The molecule has 2 heteroatoms. The van der Waals surface area contributed by atoms with Gasteiger partial charge in [0.1, 0.15) is 0 Å². The van der Waals surface area contributed by atoms with Gasteiger partial charge in [0.25, 0.3) is 0 Å². The SMILES string of the molecule is CCc1ccc(CCCC(Br)C2CC2)s1. The van der Waals surface area contributed by atoms with Gasteiger partial charge in [-0.25, -0.2) is 0 Å². The molecule has 15 heavy (non-hydrogen) atoms. The lowest BCUT2D eigenvalue weighted by Gasteiger charge is -2.06. The van der Waals surface area contributed by atoms with Crippen LogP contribution in [-0.4, -0.2) is 4.83 Å². The number of rotatable bonds is 6. The third-order valence-corrected chi connectivity index (χ3v) is 5.60. The van der Waals surface area contributed by atoms with E-state index in [-0.39, 0.29) is 0 Å². The van der Waals surface area contributed by atoms with Gasteiger partial charge in [-0.1, -0.05) is 22.9 Å². The molecule has 84 valence electrons. The predicted octanol–water partition coefficient (Wildman–Crippen LogP) is 4.81. The molecule has 0 nitrogen and oxygen atoms in total. The molecular formula is C13H19BrS. The van der Waals surface area contributed by atoms with Gasteiger partial charge < -0.3 is 0 Å². The van der Waals surface area contributed by atoms with Crippen LogP contribution in [0.2, 0.25) is 0 Å². The molecule has 2 rings (SSSR count). The third kappa shape index (κ3) is 3.60. The maximum absolute atomic E-state index is 3.80. The first-order valence-corrected chi connectivity index (χ1v) is 7.74. The standard InChI is InChI=1S/C13H19BrS/c1-2-11-8-9-12(15-11)4-3-5-13(14)10-6-7-10/h8-10,13H,2-7H2,1H3. The van der Waals surface area contributed by atoms with Crippen molar-refractivity contribution in [1.29, 1.82) is 0 Å². The average molecular weight is 287 g/mol. The van der Waals surface area contributed by atoms with E-state index in [2.05, 4.69) is 35.0 Å². The first-order valence-electron chi connectivity index (χ1n) is 6.01. The molecule has 0 aliphatic heterocycles. The number of hydrogen-bond acceptors (Lipinski definition) is 1. The monoisotopic (exact) mass is 286 g/mol. The Hall–Kier alpha value is 0.180. The summed E-state index contributed by atoms with van der Waals surface area (Å²) in [4.78, 5) is 3.90. The number of halogens is 1. The van der Waals surface area contributed by atoms with Gasteiger partial charge in [-0.2, -0.15) is 0 Å². The molecule has 0 radical (unpaired) electrons. The lowest BCUT2D eigenvalue weighted by molar-refractivity contribution is 0.656. The number of thiophene rings is 1. The van der Waals surface area contributed by atoms with Gasteiger partial charge in [-0.3, -0.25) is 0 Å². The molecule has 1 aliphatic rings. The van der Waals surface area contributed by atoms with Crippen LogP contribution in [-0.2, 0) is 12.8 Å². The van der Waals surface area contributed by atoms with Crippen LogP contribution in [0.1, 0.15) is 42.4 Å². The van der Waals surface area contributed by atoms with E-state index in [1.54, 1.807) is 4.88 Å². The van der Waals surface area contributed by atoms with Crippen LogP contribution >= 0.6 is 27.3 Å². The molecule has 1 aromatic rings. The maximum atomic E-state index is 3.80. The van der Waals surface area contributed by atoms with Crippen LogP contribution in [0.15, 0.2) is 12.1 Å². The van der Waals surface area contributed by atoms with E-state index in [0.717, 1.165) is 10.7 Å². The second-order valence-electron chi connectivity index (χ2n) is 4.47. The van der Waals surface area contributed by atoms with Crippen molar-refractivity contribution in [3.05, 3.63) is 21.9 Å². The van der Waals surface area contributed by atoms with Crippen molar-refractivity contribution in [3.8, 4) is 0 Å². The van der Waals surface area contributed by atoms with Gasteiger partial charge in [0.2, 0.25) is 0 Å². The third-order valence-electron chi connectivity index (χ3n) is 3.10. The predicted molar refractivity (Wildman–Crippen MR) is 72.1 cm³/mol. The van der Waals surface area contributed by atoms with Crippen LogP contribution in [0, 0.1) is 5.92 Å². The van der Waals surface area contributed by atoms with E-state index in [1.165, 1.54) is 43.4 Å². The normalized spacial score (nSPS) is 18.0. The van der Waals surface area contributed by atoms with Gasteiger partial charge in [-0.15, -0.1) is 11.3 Å². The lowest BCUT2D eigenvalue weighted by atomic mass is 10.1. The van der Waals surface area contributed by atoms with Gasteiger partial charge >= 0.3 is 0 Å². The van der Waals surface area contributed by atoms with Crippen LogP contribution in [0.5, 0.6) is 0 Å². The maximum Gasteiger partial charge on any atom is 0.0174 e. The van der Waals surface area contributed by atoms with E-state index >= 15 is 0 Å². The minimum Gasteiger partial charge on any atom is -0.145 e. The van der Waals surface area contributed by atoms with Gasteiger partial charge in [-0.05, 0) is 56.6 Å². The summed E-state index contributed by atoms with van der Waals surface area (Å²) in [5.74, 6) is 1.000. The minimum atomic E-state index is 0.795. The Labute approximate surface area is 105 Å². The van der Waals surface area contributed by atoms with E-state index < -0.39 is 0 Å². The summed E-state index contributed by atoms with van der Waals surface area (Å²) in [5.41, 5.74) is 0. The molecule has 0 bridgehead atoms. The summed E-state index contributed by atoms with van der Waals surface area (Å²) in [6, 6.07) is 4.59. The molecule has 1 unspecified atom stereocenters. The Morgan fingerprint density at radius 1 is 1.40 bits per heavy atom. The molecule has 0 N–H and O–H groups in total. The Kier molecular flexibility index (Phi) is 4.27. The first kappa shape index (κ1) is 11.7.